The van der Waals surface area contributed by atoms with E-state index >= 15 is 0 Å². The third-order valence-electron chi connectivity index (χ3n) is 3.02. The van der Waals surface area contributed by atoms with Crippen LogP contribution >= 0.6 is 23.2 Å². The van der Waals surface area contributed by atoms with Crippen molar-refractivity contribution in [2.45, 2.75) is 31.9 Å². The number of carbonyl (C=O) groups excluding carboxylic acids is 1. The largest absolute Gasteiger partial charge is 0.397 e. The van der Waals surface area contributed by atoms with Crippen LogP contribution in [-0.2, 0) is 14.6 Å². The van der Waals surface area contributed by atoms with Gasteiger partial charge < -0.3 is 11.1 Å². The number of unbranched alkanes of at least 4 members (excludes halogenated alkanes) is 1. The molecule has 0 heterocycles. The third-order valence-corrected chi connectivity index (χ3v) is 5.69. The van der Waals surface area contributed by atoms with E-state index < -0.39 is 21.0 Å². The third kappa shape index (κ3) is 4.76. The Morgan fingerprint density at radius 1 is 1.38 bits per heavy atom. The second kappa shape index (κ2) is 7.33. The van der Waals surface area contributed by atoms with E-state index in [4.69, 9.17) is 28.9 Å². The first-order valence-electron chi connectivity index (χ1n) is 6.46. The summed E-state index contributed by atoms with van der Waals surface area (Å²) in [6.45, 7) is 3.23. The van der Waals surface area contributed by atoms with Crippen molar-refractivity contribution in [1.82, 2.24) is 0 Å². The molecule has 3 N–H and O–H groups in total. The molecule has 0 aliphatic carbocycles. The van der Waals surface area contributed by atoms with Crippen molar-refractivity contribution < 1.29 is 13.2 Å². The van der Waals surface area contributed by atoms with Crippen LogP contribution in [-0.4, -0.2) is 25.3 Å². The number of hydrogen-bond acceptors (Lipinski definition) is 4. The predicted octanol–water partition coefficient (Wildman–Crippen LogP) is 3.12. The molecule has 1 rings (SSSR count). The van der Waals surface area contributed by atoms with Gasteiger partial charge in [-0.15, -0.1) is 0 Å². The summed E-state index contributed by atoms with van der Waals surface area (Å²) in [4.78, 5) is 12.1. The maximum absolute atomic E-state index is 12.1. The zero-order chi connectivity index (χ0) is 16.2. The van der Waals surface area contributed by atoms with Gasteiger partial charge >= 0.3 is 0 Å². The van der Waals surface area contributed by atoms with Crippen molar-refractivity contribution in [3.63, 3.8) is 0 Å². The van der Waals surface area contributed by atoms with Gasteiger partial charge in [-0.25, -0.2) is 8.42 Å². The van der Waals surface area contributed by atoms with Crippen LogP contribution in [0.2, 0.25) is 10.0 Å². The van der Waals surface area contributed by atoms with Crippen molar-refractivity contribution in [2.75, 3.05) is 16.8 Å². The van der Waals surface area contributed by atoms with Crippen molar-refractivity contribution in [2.24, 2.45) is 0 Å². The van der Waals surface area contributed by atoms with Crippen LogP contribution in [0.1, 0.15) is 26.7 Å². The maximum atomic E-state index is 12.1. The Kier molecular flexibility index (Phi) is 6.31. The lowest BCUT2D eigenvalue weighted by atomic mass is 10.2. The van der Waals surface area contributed by atoms with E-state index in [0.717, 1.165) is 6.42 Å². The van der Waals surface area contributed by atoms with Crippen molar-refractivity contribution >= 4 is 50.3 Å². The van der Waals surface area contributed by atoms with Crippen LogP contribution in [0.4, 0.5) is 11.4 Å². The first-order chi connectivity index (χ1) is 9.69. The number of halogens is 2. The minimum absolute atomic E-state index is 0.0259. The van der Waals surface area contributed by atoms with Gasteiger partial charge in [0.1, 0.15) is 5.25 Å². The maximum Gasteiger partial charge on any atom is 0.242 e. The first kappa shape index (κ1) is 18.1. The molecule has 0 bridgehead atoms. The summed E-state index contributed by atoms with van der Waals surface area (Å²) in [7, 11) is -3.50. The molecule has 0 saturated carbocycles. The van der Waals surface area contributed by atoms with E-state index in [1.165, 1.54) is 19.1 Å². The van der Waals surface area contributed by atoms with Crippen LogP contribution < -0.4 is 11.1 Å². The second-order valence-electron chi connectivity index (χ2n) is 4.70. The van der Waals surface area contributed by atoms with Gasteiger partial charge in [-0.3, -0.25) is 4.79 Å². The number of carbonyl (C=O) groups is 1. The number of sulfone groups is 1. The lowest BCUT2D eigenvalue weighted by Crippen LogP contribution is -2.34. The lowest BCUT2D eigenvalue weighted by Gasteiger charge is -2.15. The number of nitrogen functional groups attached to an aromatic ring is 1. The highest BCUT2D eigenvalue weighted by Gasteiger charge is 2.28. The Balaban J connectivity index is 2.92. The molecule has 0 fully saturated rings. The molecule has 1 aromatic rings. The Morgan fingerprint density at radius 2 is 2.00 bits per heavy atom. The highest BCUT2D eigenvalue weighted by atomic mass is 35.5. The first-order valence-corrected chi connectivity index (χ1v) is 8.93. The molecule has 0 radical (unpaired) electrons. The monoisotopic (exact) mass is 352 g/mol. The SMILES string of the molecule is CCCCS(=O)(=O)C(C)C(=O)Nc1c(N)cc(Cl)cc1Cl. The molecule has 0 spiro atoms. The van der Waals surface area contributed by atoms with E-state index in [1.807, 2.05) is 6.92 Å². The summed E-state index contributed by atoms with van der Waals surface area (Å²) in [6.07, 6.45) is 1.26. The molecule has 0 aliphatic heterocycles. The zero-order valence-electron chi connectivity index (χ0n) is 11.8. The fourth-order valence-corrected chi connectivity index (χ4v) is 3.62. The summed E-state index contributed by atoms with van der Waals surface area (Å²) in [5.41, 5.74) is 6.08. The summed E-state index contributed by atoms with van der Waals surface area (Å²) < 4.78 is 24.0. The summed E-state index contributed by atoms with van der Waals surface area (Å²) in [6, 6.07) is 2.85. The highest BCUT2D eigenvalue weighted by molar-refractivity contribution is 7.92. The fourth-order valence-electron chi connectivity index (χ4n) is 1.64. The molecule has 1 amide bonds. The molecular weight excluding hydrogens is 335 g/mol. The van der Waals surface area contributed by atoms with Gasteiger partial charge in [0.05, 0.1) is 22.2 Å². The van der Waals surface area contributed by atoms with Crippen molar-refractivity contribution in [3.05, 3.63) is 22.2 Å². The van der Waals surface area contributed by atoms with Crippen LogP contribution in [0, 0.1) is 0 Å². The molecule has 118 valence electrons. The van der Waals surface area contributed by atoms with Gasteiger partial charge in [-0.1, -0.05) is 36.5 Å². The van der Waals surface area contributed by atoms with Gasteiger partial charge in [0.25, 0.3) is 0 Å². The number of hydrogen-bond donors (Lipinski definition) is 2. The van der Waals surface area contributed by atoms with E-state index in [0.29, 0.717) is 11.4 Å². The number of nitrogens with two attached hydrogens (primary N) is 1. The van der Waals surface area contributed by atoms with Gasteiger partial charge in [0.15, 0.2) is 9.84 Å². The Bertz CT molecular complexity index is 609. The van der Waals surface area contributed by atoms with Crippen LogP contribution in [0.5, 0.6) is 0 Å². The molecule has 0 aromatic heterocycles. The summed E-state index contributed by atoms with van der Waals surface area (Å²) >= 11 is 11.7. The highest BCUT2D eigenvalue weighted by Crippen LogP contribution is 2.32. The number of amides is 1. The normalized spacial score (nSPS) is 13.0. The molecule has 1 atom stereocenters. The Hall–Kier alpha value is -0.980. The number of anilines is 2. The molecule has 8 heteroatoms. The van der Waals surface area contributed by atoms with E-state index in [2.05, 4.69) is 5.32 Å². The van der Waals surface area contributed by atoms with Gasteiger partial charge in [-0.2, -0.15) is 0 Å². The molecule has 1 unspecified atom stereocenters. The number of nitrogens with one attached hydrogen (secondary N) is 1. The minimum atomic E-state index is -3.50. The van der Waals surface area contributed by atoms with E-state index in [9.17, 15) is 13.2 Å². The Morgan fingerprint density at radius 3 is 2.52 bits per heavy atom. The minimum Gasteiger partial charge on any atom is -0.397 e. The smallest absolute Gasteiger partial charge is 0.242 e. The van der Waals surface area contributed by atoms with E-state index in [-0.39, 0.29) is 22.2 Å². The molecule has 21 heavy (non-hydrogen) atoms. The zero-order valence-corrected chi connectivity index (χ0v) is 14.1. The quantitative estimate of drug-likeness (QED) is 0.769. The van der Waals surface area contributed by atoms with Gasteiger partial charge in [-0.05, 0) is 25.5 Å². The lowest BCUT2D eigenvalue weighted by molar-refractivity contribution is -0.115. The molecular formula is C13H18Cl2N2O3S. The van der Waals surface area contributed by atoms with Crippen molar-refractivity contribution in [3.8, 4) is 0 Å². The summed E-state index contributed by atoms with van der Waals surface area (Å²) in [5, 5.41) is 1.77. The second-order valence-corrected chi connectivity index (χ2v) is 7.99. The van der Waals surface area contributed by atoms with Gasteiger partial charge in [0.2, 0.25) is 5.91 Å². The van der Waals surface area contributed by atoms with Crippen LogP contribution in [0.15, 0.2) is 12.1 Å². The fraction of sp³-hybridized carbons (Fsp3) is 0.462. The average molecular weight is 353 g/mol. The Labute approximate surface area is 134 Å². The summed E-state index contributed by atoms with van der Waals surface area (Å²) in [5.74, 6) is -0.691. The predicted molar refractivity (Wildman–Crippen MR) is 87.7 cm³/mol. The molecule has 0 saturated heterocycles. The molecule has 1 aromatic carbocycles. The molecule has 5 nitrogen and oxygen atoms in total. The topological polar surface area (TPSA) is 89.3 Å². The average Bonchev–Trinajstić information content (AvgIpc) is 2.39. The van der Waals surface area contributed by atoms with Crippen molar-refractivity contribution in [1.29, 1.82) is 0 Å². The van der Waals surface area contributed by atoms with Crippen LogP contribution in [0.25, 0.3) is 0 Å². The molecule has 0 aliphatic rings. The van der Waals surface area contributed by atoms with E-state index in [1.54, 1.807) is 0 Å². The number of rotatable bonds is 6. The number of benzene rings is 1. The van der Waals surface area contributed by atoms with Crippen LogP contribution in [0.3, 0.4) is 0 Å². The standard InChI is InChI=1S/C13H18Cl2N2O3S/c1-3-4-5-21(19,20)8(2)13(18)17-12-10(15)6-9(14)7-11(12)16/h6-8H,3-5,16H2,1-2H3,(H,17,18). The van der Waals surface area contributed by atoms with Gasteiger partial charge in [0, 0.05) is 5.02 Å².